The molecule has 0 radical (unpaired) electrons. The van der Waals surface area contributed by atoms with E-state index in [1.54, 1.807) is 19.2 Å². The van der Waals surface area contributed by atoms with Crippen LogP contribution in [0.25, 0.3) is 11.3 Å². The van der Waals surface area contributed by atoms with Gasteiger partial charge in [0.25, 0.3) is 5.91 Å². The molecule has 0 unspecified atom stereocenters. The van der Waals surface area contributed by atoms with E-state index in [-0.39, 0.29) is 23.3 Å². The maximum Gasteiger partial charge on any atom is 0.273 e. The van der Waals surface area contributed by atoms with Crippen LogP contribution in [0.5, 0.6) is 5.75 Å². The fourth-order valence-electron chi connectivity index (χ4n) is 3.15. The number of methoxy groups -OCH3 is 1. The van der Waals surface area contributed by atoms with E-state index in [1.165, 1.54) is 7.05 Å². The van der Waals surface area contributed by atoms with Crippen molar-refractivity contribution in [2.75, 3.05) is 24.8 Å². The molecular weight excluding hydrogens is 410 g/mol. The van der Waals surface area contributed by atoms with Gasteiger partial charge in [0.15, 0.2) is 17.3 Å². The molecule has 1 aliphatic carbocycles. The number of amides is 2. The van der Waals surface area contributed by atoms with E-state index in [0.29, 0.717) is 22.8 Å². The van der Waals surface area contributed by atoms with Gasteiger partial charge < -0.3 is 20.7 Å². The zero-order valence-corrected chi connectivity index (χ0v) is 18.0. The lowest BCUT2D eigenvalue weighted by atomic mass is 10.1. The normalized spacial score (nSPS) is 12.7. The summed E-state index contributed by atoms with van der Waals surface area (Å²) in [6, 6.07) is 10.8. The molecule has 2 heterocycles. The molecule has 0 saturated heterocycles. The summed E-state index contributed by atoms with van der Waals surface area (Å²) >= 11 is 0. The van der Waals surface area contributed by atoms with Gasteiger partial charge >= 0.3 is 0 Å². The van der Waals surface area contributed by atoms with Gasteiger partial charge in [-0.05, 0) is 44.0 Å². The molecule has 0 bridgehead atoms. The molecule has 3 aromatic rings. The Morgan fingerprint density at radius 2 is 1.84 bits per heavy atom. The molecule has 1 aliphatic rings. The number of para-hydroxylation sites is 1. The molecule has 1 fully saturated rings. The second-order valence-electron chi connectivity index (χ2n) is 7.41. The average Bonchev–Trinajstić information content (AvgIpc) is 3.65. The number of nitrogens with one attached hydrogen (secondary N) is 3. The highest BCUT2D eigenvalue weighted by atomic mass is 16.5. The van der Waals surface area contributed by atoms with Crippen LogP contribution >= 0.6 is 0 Å². The number of hydrogen-bond donors (Lipinski definition) is 3. The minimum absolute atomic E-state index is 0.0132. The van der Waals surface area contributed by atoms with Crippen LogP contribution in [0, 0.1) is 12.8 Å². The highest BCUT2D eigenvalue weighted by Gasteiger charge is 2.30. The van der Waals surface area contributed by atoms with Gasteiger partial charge in [0, 0.05) is 24.6 Å². The minimum atomic E-state index is -0.417. The number of rotatable bonds is 7. The van der Waals surface area contributed by atoms with Crippen molar-refractivity contribution in [3.8, 4) is 17.0 Å². The number of aryl methyl sites for hydroxylation is 1. The van der Waals surface area contributed by atoms with Crippen LogP contribution < -0.4 is 20.7 Å². The fraction of sp³-hybridized carbons (Fsp3) is 0.273. The summed E-state index contributed by atoms with van der Waals surface area (Å²) < 4.78 is 5.66. The Hall–Kier alpha value is -4.08. The first-order valence-electron chi connectivity index (χ1n) is 10.2. The van der Waals surface area contributed by atoms with Crippen molar-refractivity contribution in [3.63, 3.8) is 0 Å². The number of hydrogen-bond acceptors (Lipinski definition) is 8. The van der Waals surface area contributed by atoms with E-state index in [9.17, 15) is 9.59 Å². The molecule has 4 rings (SSSR count). The summed E-state index contributed by atoms with van der Waals surface area (Å²) in [6.07, 6.45) is 1.74. The summed E-state index contributed by atoms with van der Waals surface area (Å²) in [4.78, 5) is 24.5. The number of anilines is 3. The largest absolute Gasteiger partial charge is 0.494 e. The monoisotopic (exact) mass is 433 g/mol. The van der Waals surface area contributed by atoms with Crippen molar-refractivity contribution in [2.24, 2.45) is 5.92 Å². The second-order valence-corrected chi connectivity index (χ2v) is 7.41. The predicted octanol–water partition coefficient (Wildman–Crippen LogP) is 2.70. The van der Waals surface area contributed by atoms with Gasteiger partial charge in [-0.15, -0.1) is 10.2 Å². The number of aromatic nitrogens is 4. The second kappa shape index (κ2) is 8.96. The summed E-state index contributed by atoms with van der Waals surface area (Å²) in [5.41, 5.74) is 3.23. The third-order valence-corrected chi connectivity index (χ3v) is 5.00. The van der Waals surface area contributed by atoms with E-state index in [0.717, 1.165) is 24.1 Å². The number of carbonyl (C=O) groups is 2. The van der Waals surface area contributed by atoms with Crippen molar-refractivity contribution in [1.82, 2.24) is 25.7 Å². The van der Waals surface area contributed by atoms with E-state index >= 15 is 0 Å². The maximum absolute atomic E-state index is 12.4. The first kappa shape index (κ1) is 21.2. The summed E-state index contributed by atoms with van der Waals surface area (Å²) in [5.74, 6) is 0.278. The van der Waals surface area contributed by atoms with E-state index in [1.807, 2.05) is 31.2 Å². The lowest BCUT2D eigenvalue weighted by Crippen LogP contribution is -2.22. The third-order valence-electron chi connectivity index (χ3n) is 5.00. The molecule has 0 atom stereocenters. The Bertz CT molecular complexity index is 1160. The third kappa shape index (κ3) is 4.48. The van der Waals surface area contributed by atoms with Crippen LogP contribution in [0.2, 0.25) is 0 Å². The lowest BCUT2D eigenvalue weighted by Gasteiger charge is -2.16. The summed E-state index contributed by atoms with van der Waals surface area (Å²) in [6.45, 7) is 1.86. The summed E-state index contributed by atoms with van der Waals surface area (Å²) in [5, 5.41) is 24.9. The fourth-order valence-corrected chi connectivity index (χ4v) is 3.15. The van der Waals surface area contributed by atoms with Crippen molar-refractivity contribution >= 4 is 29.0 Å². The zero-order chi connectivity index (χ0) is 22.7. The summed E-state index contributed by atoms with van der Waals surface area (Å²) in [7, 11) is 3.06. The molecule has 0 spiro atoms. The van der Waals surface area contributed by atoms with Crippen LogP contribution in [-0.2, 0) is 4.79 Å². The molecule has 1 aromatic carbocycles. The van der Waals surface area contributed by atoms with Crippen LogP contribution in [0.4, 0.5) is 17.2 Å². The van der Waals surface area contributed by atoms with Crippen molar-refractivity contribution < 1.29 is 14.3 Å². The van der Waals surface area contributed by atoms with Gasteiger partial charge in [-0.1, -0.05) is 6.07 Å². The Balaban J connectivity index is 1.71. The van der Waals surface area contributed by atoms with Crippen LogP contribution in [0.1, 0.15) is 29.0 Å². The van der Waals surface area contributed by atoms with Gasteiger partial charge in [-0.3, -0.25) is 9.59 Å². The smallest absolute Gasteiger partial charge is 0.273 e. The molecule has 2 aromatic heterocycles. The van der Waals surface area contributed by atoms with Gasteiger partial charge in [0.1, 0.15) is 0 Å². The first-order chi connectivity index (χ1) is 15.5. The quantitative estimate of drug-likeness (QED) is 0.518. The number of benzene rings is 1. The highest BCUT2D eigenvalue weighted by molar-refractivity contribution is 6.00. The van der Waals surface area contributed by atoms with Gasteiger partial charge in [-0.2, -0.15) is 10.2 Å². The van der Waals surface area contributed by atoms with Gasteiger partial charge in [0.05, 0.1) is 29.9 Å². The zero-order valence-electron chi connectivity index (χ0n) is 18.0. The Morgan fingerprint density at radius 3 is 2.50 bits per heavy atom. The van der Waals surface area contributed by atoms with Crippen LogP contribution in [-0.4, -0.2) is 46.4 Å². The van der Waals surface area contributed by atoms with Crippen LogP contribution in [0.15, 0.2) is 36.4 Å². The topological polar surface area (TPSA) is 131 Å². The highest BCUT2D eigenvalue weighted by Crippen LogP contribution is 2.37. The Labute approximate surface area is 184 Å². The average molecular weight is 433 g/mol. The Morgan fingerprint density at radius 1 is 1.03 bits per heavy atom. The molecule has 3 N–H and O–H groups in total. The maximum atomic E-state index is 12.4. The van der Waals surface area contributed by atoms with E-state index in [4.69, 9.17) is 4.74 Å². The molecule has 164 valence electrons. The number of ether oxygens (including phenoxy) is 1. The standard InChI is InChI=1S/C22H23N7O3/c1-12-7-10-15(27-26-12)14-5-4-6-16(20(14)32-3)24-17-11-18(25-21(30)13-8-9-13)28-29-19(17)22(31)23-2/h4-7,10-11,13H,8-9H2,1-3H3,(H,23,31)(H2,24,25,28,30). The number of carbonyl (C=O) groups excluding carboxylic acids is 2. The van der Waals surface area contributed by atoms with Gasteiger partial charge in [0.2, 0.25) is 5.91 Å². The molecule has 32 heavy (non-hydrogen) atoms. The van der Waals surface area contributed by atoms with E-state index < -0.39 is 5.91 Å². The van der Waals surface area contributed by atoms with Gasteiger partial charge in [-0.25, -0.2) is 0 Å². The van der Waals surface area contributed by atoms with E-state index in [2.05, 4.69) is 36.3 Å². The van der Waals surface area contributed by atoms with Crippen molar-refractivity contribution in [2.45, 2.75) is 19.8 Å². The minimum Gasteiger partial charge on any atom is -0.494 e. The SMILES string of the molecule is CNC(=O)c1nnc(NC(=O)C2CC2)cc1Nc1cccc(-c2ccc(C)nn2)c1OC. The molecule has 0 aliphatic heterocycles. The molecule has 1 saturated carbocycles. The Kier molecular flexibility index (Phi) is 5.93. The molecule has 2 amide bonds. The lowest BCUT2D eigenvalue weighted by molar-refractivity contribution is -0.117. The number of nitrogens with zero attached hydrogens (tertiary/aromatic N) is 4. The molecule has 10 heteroatoms. The predicted molar refractivity (Wildman–Crippen MR) is 119 cm³/mol. The first-order valence-corrected chi connectivity index (χ1v) is 10.2. The van der Waals surface area contributed by atoms with Crippen LogP contribution in [0.3, 0.4) is 0 Å². The molecular formula is C22H23N7O3. The molecule has 10 nitrogen and oxygen atoms in total. The van der Waals surface area contributed by atoms with Crippen molar-refractivity contribution in [3.05, 3.63) is 47.8 Å². The van der Waals surface area contributed by atoms with Crippen molar-refractivity contribution in [1.29, 1.82) is 0 Å².